The second-order valence-corrected chi connectivity index (χ2v) is 9.71. The average molecular weight is 469 g/mol. The minimum Gasteiger partial charge on any atom is -0.342 e. The Morgan fingerprint density at radius 2 is 1.81 bits per heavy atom. The van der Waals surface area contributed by atoms with Crippen molar-refractivity contribution < 1.29 is 13.2 Å². The molecule has 0 aliphatic heterocycles. The van der Waals surface area contributed by atoms with Crippen molar-refractivity contribution in [3.8, 4) is 0 Å². The molecule has 0 atom stereocenters. The molecule has 0 fully saturated rings. The molecule has 0 unspecified atom stereocenters. The molecule has 32 heavy (non-hydrogen) atoms. The number of aryl methyl sites for hydroxylation is 1. The average Bonchev–Trinajstić information content (AvgIpc) is 3.18. The molecule has 0 spiro atoms. The zero-order valence-electron chi connectivity index (χ0n) is 17.3. The van der Waals surface area contributed by atoms with Crippen molar-refractivity contribution in [1.29, 1.82) is 0 Å². The number of para-hydroxylation sites is 1. The van der Waals surface area contributed by atoms with E-state index in [1.54, 1.807) is 24.9 Å². The van der Waals surface area contributed by atoms with Gasteiger partial charge in [-0.05, 0) is 49.4 Å². The van der Waals surface area contributed by atoms with E-state index in [1.807, 2.05) is 24.3 Å². The van der Waals surface area contributed by atoms with E-state index in [2.05, 4.69) is 25.0 Å². The fraction of sp³-hybridized carbons (Fsp3) is 0.143. The minimum absolute atomic E-state index is 0.000244. The van der Waals surface area contributed by atoms with Crippen LogP contribution in [0, 0.1) is 6.92 Å². The smallest absolute Gasteiger partial charge is 0.264 e. The van der Waals surface area contributed by atoms with Crippen LogP contribution >= 0.6 is 11.3 Å². The van der Waals surface area contributed by atoms with Gasteiger partial charge in [0.2, 0.25) is 11.9 Å². The topological polar surface area (TPSA) is 117 Å². The van der Waals surface area contributed by atoms with E-state index in [1.165, 1.54) is 41.8 Å². The second kappa shape index (κ2) is 8.89. The fourth-order valence-corrected chi connectivity index (χ4v) is 4.78. The zero-order valence-corrected chi connectivity index (χ0v) is 18.9. The standard InChI is InChI=1S/C21H20N6O3S2/c1-14-11-12-22-20(23-14)26-32(29,30)16-9-7-15(8-10-16)24-19(28)13-27(2)21-25-17-5-3-4-6-18(17)31-21/h3-12H,13H2,1-2H3,(H,24,28)(H,22,23,26). The van der Waals surface area contributed by atoms with Gasteiger partial charge in [0.05, 0.1) is 21.7 Å². The highest BCUT2D eigenvalue weighted by Gasteiger charge is 2.16. The first kappa shape index (κ1) is 21.7. The molecule has 4 aromatic rings. The van der Waals surface area contributed by atoms with Gasteiger partial charge in [-0.2, -0.15) is 0 Å². The van der Waals surface area contributed by atoms with Crippen LogP contribution in [0.15, 0.2) is 65.7 Å². The number of nitrogens with zero attached hydrogens (tertiary/aromatic N) is 4. The first-order valence-electron chi connectivity index (χ1n) is 9.59. The maximum Gasteiger partial charge on any atom is 0.264 e. The first-order valence-corrected chi connectivity index (χ1v) is 11.9. The van der Waals surface area contributed by atoms with Crippen LogP contribution in [0.4, 0.5) is 16.8 Å². The highest BCUT2D eigenvalue weighted by molar-refractivity contribution is 7.92. The Labute approximate surface area is 189 Å². The SMILES string of the molecule is Cc1ccnc(NS(=O)(=O)c2ccc(NC(=O)CN(C)c3nc4ccccc4s3)cc2)n1. The summed E-state index contributed by atoms with van der Waals surface area (Å²) >= 11 is 1.51. The number of hydrogen-bond acceptors (Lipinski definition) is 8. The lowest BCUT2D eigenvalue weighted by Crippen LogP contribution is -2.29. The van der Waals surface area contributed by atoms with Crippen molar-refractivity contribution in [2.24, 2.45) is 0 Å². The maximum atomic E-state index is 12.5. The summed E-state index contributed by atoms with van der Waals surface area (Å²) in [5.74, 6) is -0.242. The summed E-state index contributed by atoms with van der Waals surface area (Å²) in [4.78, 5) is 26.7. The van der Waals surface area contributed by atoms with Crippen LogP contribution < -0.4 is 14.9 Å². The van der Waals surface area contributed by atoms with Gasteiger partial charge < -0.3 is 10.2 Å². The molecule has 0 bridgehead atoms. The lowest BCUT2D eigenvalue weighted by molar-refractivity contribution is -0.114. The van der Waals surface area contributed by atoms with Gasteiger partial charge in [-0.3, -0.25) is 4.79 Å². The number of amides is 1. The highest BCUT2D eigenvalue weighted by atomic mass is 32.2. The van der Waals surface area contributed by atoms with Crippen LogP contribution in [-0.4, -0.2) is 42.9 Å². The third kappa shape index (κ3) is 5.01. The molecule has 0 aliphatic carbocycles. The number of carbonyl (C=O) groups is 1. The summed E-state index contributed by atoms with van der Waals surface area (Å²) in [7, 11) is -2.05. The lowest BCUT2D eigenvalue weighted by atomic mass is 10.3. The van der Waals surface area contributed by atoms with Gasteiger partial charge in [0, 0.05) is 24.6 Å². The summed E-state index contributed by atoms with van der Waals surface area (Å²) in [6, 6.07) is 15.3. The molecule has 4 rings (SSSR count). The number of aromatic nitrogens is 3. The molecule has 164 valence electrons. The number of rotatable bonds is 7. The Hall–Kier alpha value is -3.57. The van der Waals surface area contributed by atoms with E-state index in [9.17, 15) is 13.2 Å². The molecular formula is C21H20N6O3S2. The number of nitrogens with one attached hydrogen (secondary N) is 2. The number of sulfonamides is 1. The molecule has 9 nitrogen and oxygen atoms in total. The predicted octanol–water partition coefficient (Wildman–Crippen LogP) is 3.27. The van der Waals surface area contributed by atoms with Gasteiger partial charge in [0.1, 0.15) is 0 Å². The van der Waals surface area contributed by atoms with Crippen molar-refractivity contribution in [2.75, 3.05) is 28.5 Å². The molecule has 2 heterocycles. The number of fused-ring (bicyclic) bond motifs is 1. The molecule has 11 heteroatoms. The minimum atomic E-state index is -3.85. The fourth-order valence-electron chi connectivity index (χ4n) is 2.90. The van der Waals surface area contributed by atoms with E-state index >= 15 is 0 Å². The normalized spacial score (nSPS) is 11.3. The van der Waals surface area contributed by atoms with Crippen LogP contribution in [-0.2, 0) is 14.8 Å². The van der Waals surface area contributed by atoms with Gasteiger partial charge in [-0.15, -0.1) is 0 Å². The number of thiazole rings is 1. The first-order chi connectivity index (χ1) is 15.3. The summed E-state index contributed by atoms with van der Waals surface area (Å²) in [5, 5.41) is 3.51. The lowest BCUT2D eigenvalue weighted by Gasteiger charge is -2.15. The van der Waals surface area contributed by atoms with Crippen LogP contribution in [0.5, 0.6) is 0 Å². The number of likely N-dealkylation sites (N-methyl/N-ethyl adjacent to an activating group) is 1. The molecule has 2 aromatic carbocycles. The van der Waals surface area contributed by atoms with Crippen molar-refractivity contribution >= 4 is 54.3 Å². The van der Waals surface area contributed by atoms with Crippen LogP contribution in [0.25, 0.3) is 10.2 Å². The van der Waals surface area contributed by atoms with Crippen LogP contribution in [0.1, 0.15) is 5.69 Å². The quantitative estimate of drug-likeness (QED) is 0.427. The predicted molar refractivity (Wildman–Crippen MR) is 126 cm³/mol. The van der Waals surface area contributed by atoms with E-state index in [4.69, 9.17) is 0 Å². The van der Waals surface area contributed by atoms with Crippen LogP contribution in [0.2, 0.25) is 0 Å². The van der Waals surface area contributed by atoms with Gasteiger partial charge in [-0.25, -0.2) is 28.1 Å². The summed E-state index contributed by atoms with van der Waals surface area (Å²) in [6.07, 6.45) is 1.48. The Balaban J connectivity index is 1.38. The summed E-state index contributed by atoms with van der Waals surface area (Å²) < 4.78 is 28.5. The number of anilines is 3. The van der Waals surface area contributed by atoms with Gasteiger partial charge in [-0.1, -0.05) is 23.5 Å². The van der Waals surface area contributed by atoms with Crippen molar-refractivity contribution in [3.05, 3.63) is 66.5 Å². The number of benzene rings is 2. The van der Waals surface area contributed by atoms with Crippen molar-refractivity contribution in [1.82, 2.24) is 15.0 Å². The summed E-state index contributed by atoms with van der Waals surface area (Å²) in [5.41, 5.74) is 2.02. The number of carbonyl (C=O) groups excluding carboxylic acids is 1. The Kier molecular flexibility index (Phi) is 6.01. The van der Waals surface area contributed by atoms with Gasteiger partial charge in [0.15, 0.2) is 5.13 Å². The third-order valence-electron chi connectivity index (χ3n) is 4.46. The molecule has 1 amide bonds. The molecule has 0 aliphatic rings. The molecular weight excluding hydrogens is 448 g/mol. The Morgan fingerprint density at radius 3 is 2.53 bits per heavy atom. The molecule has 2 N–H and O–H groups in total. The van der Waals surface area contributed by atoms with Gasteiger partial charge >= 0.3 is 0 Å². The Morgan fingerprint density at radius 1 is 1.06 bits per heavy atom. The van der Waals surface area contributed by atoms with Crippen molar-refractivity contribution in [2.45, 2.75) is 11.8 Å². The van der Waals surface area contributed by atoms with E-state index in [0.717, 1.165) is 15.3 Å². The Bertz CT molecular complexity index is 1340. The largest absolute Gasteiger partial charge is 0.342 e. The highest BCUT2D eigenvalue weighted by Crippen LogP contribution is 2.27. The van der Waals surface area contributed by atoms with E-state index in [0.29, 0.717) is 11.4 Å². The van der Waals surface area contributed by atoms with Crippen LogP contribution in [0.3, 0.4) is 0 Å². The van der Waals surface area contributed by atoms with Gasteiger partial charge in [0.25, 0.3) is 10.0 Å². The van der Waals surface area contributed by atoms with E-state index in [-0.39, 0.29) is 23.3 Å². The molecule has 2 aromatic heterocycles. The van der Waals surface area contributed by atoms with E-state index < -0.39 is 10.0 Å². The maximum absolute atomic E-state index is 12.5. The summed E-state index contributed by atoms with van der Waals surface area (Å²) in [6.45, 7) is 1.84. The molecule has 0 radical (unpaired) electrons. The number of hydrogen-bond donors (Lipinski definition) is 2. The second-order valence-electron chi connectivity index (χ2n) is 7.02. The molecule has 0 saturated heterocycles. The zero-order chi connectivity index (χ0) is 22.7. The monoisotopic (exact) mass is 468 g/mol. The third-order valence-corrected chi connectivity index (χ3v) is 6.95. The molecule has 0 saturated carbocycles. The van der Waals surface area contributed by atoms with Crippen molar-refractivity contribution in [3.63, 3.8) is 0 Å².